The fourth-order valence-corrected chi connectivity index (χ4v) is 3.50. The number of hydrogen-bond acceptors (Lipinski definition) is 4. The molecule has 5 heteroatoms. The summed E-state index contributed by atoms with van der Waals surface area (Å²) in [6.07, 6.45) is 0.247. The molecule has 2 amide bonds. The van der Waals surface area contributed by atoms with E-state index in [0.29, 0.717) is 23.4 Å². The highest BCUT2D eigenvalue weighted by atomic mass is 16.3. The van der Waals surface area contributed by atoms with Crippen molar-refractivity contribution in [2.45, 2.75) is 12.5 Å². The fraction of sp³-hybridized carbons (Fsp3) is 0.167. The molecule has 0 aliphatic carbocycles. The molecule has 0 bridgehead atoms. The maximum atomic E-state index is 12.6. The molecule has 5 nitrogen and oxygen atoms in total. The number of fused-ring (bicyclic) bond motifs is 1. The van der Waals surface area contributed by atoms with Gasteiger partial charge in [0.05, 0.1) is 22.9 Å². The quantitative estimate of drug-likeness (QED) is 0.483. The highest BCUT2D eigenvalue weighted by Crippen LogP contribution is 2.28. The number of amides is 2. The number of rotatable bonds is 7. The lowest BCUT2D eigenvalue weighted by molar-refractivity contribution is 0.0926. The van der Waals surface area contributed by atoms with Gasteiger partial charge in [-0.2, -0.15) is 0 Å². The van der Waals surface area contributed by atoms with Gasteiger partial charge in [0.1, 0.15) is 0 Å². The zero-order valence-electron chi connectivity index (χ0n) is 15.9. The molecule has 1 aliphatic heterocycles. The van der Waals surface area contributed by atoms with Crippen molar-refractivity contribution < 1.29 is 14.7 Å². The van der Waals surface area contributed by atoms with Gasteiger partial charge in [-0.1, -0.05) is 54.6 Å². The van der Waals surface area contributed by atoms with Crippen LogP contribution < -0.4 is 10.2 Å². The maximum Gasteiger partial charge on any atom is 0.266 e. The van der Waals surface area contributed by atoms with Gasteiger partial charge < -0.3 is 10.4 Å². The van der Waals surface area contributed by atoms with Gasteiger partial charge in [0, 0.05) is 6.54 Å². The third kappa shape index (κ3) is 3.97. The minimum absolute atomic E-state index is 0.282. The summed E-state index contributed by atoms with van der Waals surface area (Å²) in [5, 5.41) is 13.4. The third-order valence-electron chi connectivity index (χ3n) is 5.10. The molecule has 1 atom stereocenters. The average Bonchev–Trinajstić information content (AvgIpc) is 3.03. The Morgan fingerprint density at radius 2 is 1.38 bits per heavy atom. The highest BCUT2D eigenvalue weighted by molar-refractivity contribution is 6.34. The van der Waals surface area contributed by atoms with Gasteiger partial charge in [-0.25, -0.2) is 4.90 Å². The van der Waals surface area contributed by atoms with E-state index in [0.717, 1.165) is 24.1 Å². The Morgan fingerprint density at radius 1 is 0.793 bits per heavy atom. The number of benzene rings is 3. The first-order valence-electron chi connectivity index (χ1n) is 9.65. The summed E-state index contributed by atoms with van der Waals surface area (Å²) < 4.78 is 0. The van der Waals surface area contributed by atoms with E-state index in [4.69, 9.17) is 0 Å². The molecule has 0 saturated carbocycles. The van der Waals surface area contributed by atoms with Crippen LogP contribution in [0, 0.1) is 0 Å². The van der Waals surface area contributed by atoms with Crippen LogP contribution in [0.2, 0.25) is 0 Å². The summed E-state index contributed by atoms with van der Waals surface area (Å²) in [7, 11) is 0. The van der Waals surface area contributed by atoms with Crippen LogP contribution in [0.25, 0.3) is 0 Å². The lowest BCUT2D eigenvalue weighted by Crippen LogP contribution is -2.29. The van der Waals surface area contributed by atoms with Gasteiger partial charge in [-0.05, 0) is 48.4 Å². The van der Waals surface area contributed by atoms with E-state index in [2.05, 4.69) is 5.32 Å². The minimum Gasteiger partial charge on any atom is -0.387 e. The second-order valence-electron chi connectivity index (χ2n) is 7.04. The molecule has 1 heterocycles. The fourth-order valence-electron chi connectivity index (χ4n) is 3.50. The normalized spacial score (nSPS) is 14.2. The lowest BCUT2D eigenvalue weighted by atomic mass is 10.1. The first-order chi connectivity index (χ1) is 14.1. The van der Waals surface area contributed by atoms with Crippen molar-refractivity contribution in [3.8, 4) is 0 Å². The molecule has 29 heavy (non-hydrogen) atoms. The summed E-state index contributed by atoms with van der Waals surface area (Å²) in [4.78, 5) is 26.3. The number of imide groups is 1. The third-order valence-corrected chi connectivity index (χ3v) is 5.10. The lowest BCUT2D eigenvalue weighted by Gasteiger charge is -2.15. The Morgan fingerprint density at radius 3 is 2.00 bits per heavy atom. The van der Waals surface area contributed by atoms with Crippen molar-refractivity contribution in [2.24, 2.45) is 0 Å². The molecule has 0 fully saturated rings. The van der Waals surface area contributed by atoms with E-state index in [9.17, 15) is 14.7 Å². The van der Waals surface area contributed by atoms with Crippen molar-refractivity contribution in [1.82, 2.24) is 5.32 Å². The van der Waals surface area contributed by atoms with Gasteiger partial charge >= 0.3 is 0 Å². The molecule has 0 radical (unpaired) electrons. The zero-order chi connectivity index (χ0) is 20.2. The second-order valence-corrected chi connectivity index (χ2v) is 7.04. The van der Waals surface area contributed by atoms with E-state index in [1.54, 1.807) is 36.4 Å². The summed E-state index contributed by atoms with van der Waals surface area (Å²) in [6.45, 7) is 1.20. The van der Waals surface area contributed by atoms with Crippen LogP contribution in [0.1, 0.15) is 37.9 Å². The number of aliphatic hydroxyl groups is 1. The molecule has 0 spiro atoms. The van der Waals surface area contributed by atoms with Crippen molar-refractivity contribution in [1.29, 1.82) is 0 Å². The predicted molar refractivity (Wildman–Crippen MR) is 112 cm³/mol. The van der Waals surface area contributed by atoms with Crippen molar-refractivity contribution in [2.75, 3.05) is 18.0 Å². The smallest absolute Gasteiger partial charge is 0.266 e. The molecule has 0 saturated heterocycles. The first-order valence-corrected chi connectivity index (χ1v) is 9.65. The van der Waals surface area contributed by atoms with Crippen LogP contribution in [-0.2, 0) is 6.42 Å². The Hall–Kier alpha value is -3.28. The number of carbonyl (C=O) groups excluding carboxylic acids is 2. The molecule has 3 aromatic rings. The summed E-state index contributed by atoms with van der Waals surface area (Å²) in [5.74, 6) is -0.565. The van der Waals surface area contributed by atoms with E-state index >= 15 is 0 Å². The summed E-state index contributed by atoms with van der Waals surface area (Å²) in [5.41, 5.74) is 3.45. The molecule has 146 valence electrons. The Labute approximate surface area is 169 Å². The average molecular weight is 386 g/mol. The van der Waals surface area contributed by atoms with Crippen LogP contribution in [-0.4, -0.2) is 30.0 Å². The number of carbonyl (C=O) groups is 2. The van der Waals surface area contributed by atoms with Gasteiger partial charge in [-0.3, -0.25) is 9.59 Å². The van der Waals surface area contributed by atoms with E-state index in [1.807, 2.05) is 42.5 Å². The van der Waals surface area contributed by atoms with Gasteiger partial charge in [0.15, 0.2) is 0 Å². The largest absolute Gasteiger partial charge is 0.387 e. The van der Waals surface area contributed by atoms with Crippen LogP contribution in [0.4, 0.5) is 5.69 Å². The van der Waals surface area contributed by atoms with Crippen molar-refractivity contribution >= 4 is 17.5 Å². The summed E-state index contributed by atoms with van der Waals surface area (Å²) in [6, 6.07) is 23.9. The summed E-state index contributed by atoms with van der Waals surface area (Å²) >= 11 is 0. The molecule has 1 unspecified atom stereocenters. The minimum atomic E-state index is -0.535. The van der Waals surface area contributed by atoms with Crippen LogP contribution >= 0.6 is 0 Å². The Kier molecular flexibility index (Phi) is 5.51. The van der Waals surface area contributed by atoms with Gasteiger partial charge in [-0.15, -0.1) is 0 Å². The molecular weight excluding hydrogens is 364 g/mol. The molecule has 1 aliphatic rings. The first kappa shape index (κ1) is 19.1. The Balaban J connectivity index is 1.32. The van der Waals surface area contributed by atoms with Crippen LogP contribution in [0.3, 0.4) is 0 Å². The highest BCUT2D eigenvalue weighted by Gasteiger charge is 2.36. The molecular formula is C24H22N2O3. The van der Waals surface area contributed by atoms with Gasteiger partial charge in [0.25, 0.3) is 11.8 Å². The number of aliphatic hydroxyl groups excluding tert-OH is 1. The maximum absolute atomic E-state index is 12.6. The van der Waals surface area contributed by atoms with Crippen LogP contribution in [0.5, 0.6) is 0 Å². The molecule has 4 rings (SSSR count). The second kappa shape index (κ2) is 8.39. The zero-order valence-corrected chi connectivity index (χ0v) is 15.9. The standard InChI is InChI=1S/C24H22N2O3/c27-22(18-6-2-1-3-7-18)16-25-15-14-17-10-12-19(13-11-17)26-23(28)20-8-4-5-9-21(20)24(26)29/h1-13,22,25,27H,14-16H2. The van der Waals surface area contributed by atoms with E-state index in [1.165, 1.54) is 4.90 Å². The molecule has 3 aromatic carbocycles. The SMILES string of the molecule is O=C1c2ccccc2C(=O)N1c1ccc(CCNCC(O)c2ccccc2)cc1. The number of anilines is 1. The number of hydrogen-bond donors (Lipinski definition) is 2. The van der Waals surface area contributed by atoms with Crippen molar-refractivity contribution in [3.05, 3.63) is 101 Å². The Bertz CT molecular complexity index is 981. The van der Waals surface area contributed by atoms with E-state index < -0.39 is 6.10 Å². The predicted octanol–water partition coefficient (Wildman–Crippen LogP) is 3.35. The van der Waals surface area contributed by atoms with E-state index in [-0.39, 0.29) is 11.8 Å². The number of nitrogens with one attached hydrogen (secondary N) is 1. The monoisotopic (exact) mass is 386 g/mol. The van der Waals surface area contributed by atoms with Gasteiger partial charge in [0.2, 0.25) is 0 Å². The number of nitrogens with zero attached hydrogens (tertiary/aromatic N) is 1. The topological polar surface area (TPSA) is 69.6 Å². The molecule has 2 N–H and O–H groups in total. The van der Waals surface area contributed by atoms with Crippen LogP contribution in [0.15, 0.2) is 78.9 Å². The van der Waals surface area contributed by atoms with Crippen molar-refractivity contribution in [3.63, 3.8) is 0 Å². The molecule has 0 aromatic heterocycles.